The predicted molar refractivity (Wildman–Crippen MR) is 103 cm³/mol. The van der Waals surface area contributed by atoms with Crippen molar-refractivity contribution in [2.75, 3.05) is 11.9 Å². The quantitative estimate of drug-likeness (QED) is 0.632. The Morgan fingerprint density at radius 3 is 2.72 bits per heavy atom. The van der Waals surface area contributed by atoms with Gasteiger partial charge in [-0.3, -0.25) is 0 Å². The van der Waals surface area contributed by atoms with Crippen LogP contribution in [0.1, 0.15) is 17.0 Å². The van der Waals surface area contributed by atoms with E-state index in [1.807, 2.05) is 19.9 Å². The van der Waals surface area contributed by atoms with Crippen LogP contribution >= 0.6 is 0 Å². The topological polar surface area (TPSA) is 66.7 Å². The zero-order chi connectivity index (χ0) is 18.0. The minimum absolute atomic E-state index is 0.630. The minimum atomic E-state index is 0.630. The van der Waals surface area contributed by atoms with Crippen LogP contribution in [0.15, 0.2) is 53.6 Å². The molecule has 0 fully saturated rings. The van der Waals surface area contributed by atoms with E-state index >= 15 is 0 Å². The van der Waals surface area contributed by atoms with Crippen molar-refractivity contribution >= 4 is 17.0 Å². The van der Waals surface area contributed by atoms with Gasteiger partial charge in [0.25, 0.3) is 0 Å². The Kier molecular flexibility index (Phi) is 4.57. The van der Waals surface area contributed by atoms with E-state index in [1.54, 1.807) is 12.2 Å². The van der Waals surface area contributed by atoms with Crippen molar-refractivity contribution in [3.63, 3.8) is 0 Å². The summed E-state index contributed by atoms with van der Waals surface area (Å²) in [5.41, 5.74) is 7.08. The lowest BCUT2D eigenvalue weighted by atomic mass is 10.0. The van der Waals surface area contributed by atoms with Gasteiger partial charge in [-0.05, 0) is 49.6 Å². The number of H-pyrrole nitrogens is 1. The predicted octanol–water partition coefficient (Wildman–Crippen LogP) is 4.85. The van der Waals surface area contributed by atoms with Crippen molar-refractivity contribution in [1.82, 2.24) is 15.1 Å². The first-order chi connectivity index (χ1) is 12.0. The molecule has 2 heterocycles. The van der Waals surface area contributed by atoms with E-state index in [1.165, 1.54) is 0 Å². The van der Waals surface area contributed by atoms with Crippen LogP contribution in [-0.4, -0.2) is 21.7 Å². The molecule has 0 aliphatic rings. The van der Waals surface area contributed by atoms with Gasteiger partial charge in [0.15, 0.2) is 0 Å². The summed E-state index contributed by atoms with van der Waals surface area (Å²) < 4.78 is 5.30. The molecule has 0 aliphatic carbocycles. The van der Waals surface area contributed by atoms with Gasteiger partial charge in [0.2, 0.25) is 5.95 Å². The molecule has 0 radical (unpaired) electrons. The molecule has 5 nitrogen and oxygen atoms in total. The van der Waals surface area contributed by atoms with Crippen molar-refractivity contribution in [2.45, 2.75) is 20.8 Å². The number of imidazole rings is 1. The van der Waals surface area contributed by atoms with Crippen molar-refractivity contribution < 1.29 is 4.52 Å². The first kappa shape index (κ1) is 16.8. The van der Waals surface area contributed by atoms with Gasteiger partial charge < -0.3 is 14.8 Å². The molecule has 0 spiro atoms. The van der Waals surface area contributed by atoms with E-state index in [0.29, 0.717) is 6.54 Å². The van der Waals surface area contributed by atoms with E-state index in [4.69, 9.17) is 4.52 Å². The molecule has 2 N–H and O–H groups in total. The van der Waals surface area contributed by atoms with E-state index in [0.717, 1.165) is 50.7 Å². The van der Waals surface area contributed by atoms with Gasteiger partial charge >= 0.3 is 0 Å². The second kappa shape index (κ2) is 6.81. The first-order valence-corrected chi connectivity index (χ1v) is 8.15. The number of aryl methyl sites for hydroxylation is 3. The Morgan fingerprint density at radius 1 is 1.28 bits per heavy atom. The number of hydrogen-bond acceptors (Lipinski definition) is 4. The van der Waals surface area contributed by atoms with E-state index in [2.05, 4.69) is 52.7 Å². The van der Waals surface area contributed by atoms with Gasteiger partial charge in [-0.1, -0.05) is 36.5 Å². The standard InChI is InChI=1S/C20H22N4O/c1-6-8-15(7-2)11-21-20-22-17-10-16(9-12(3)19(17)23-20)18-13(4)24-25-14(18)5/h6-10H,1-2,11H2,3-5H3,(H2,21,22,23)/b15-8+. The lowest BCUT2D eigenvalue weighted by Gasteiger charge is -2.03. The number of nitrogens with one attached hydrogen (secondary N) is 2. The smallest absolute Gasteiger partial charge is 0.201 e. The molecule has 3 aromatic rings. The minimum Gasteiger partial charge on any atom is -0.361 e. The largest absolute Gasteiger partial charge is 0.361 e. The SMILES string of the molecule is C=C/C=C(\C=C)CNc1nc2c(C)cc(-c3c(C)noc3C)cc2[nH]1. The summed E-state index contributed by atoms with van der Waals surface area (Å²) in [6.07, 6.45) is 5.47. The van der Waals surface area contributed by atoms with E-state index < -0.39 is 0 Å². The van der Waals surface area contributed by atoms with Crippen molar-refractivity contribution in [3.8, 4) is 11.1 Å². The van der Waals surface area contributed by atoms with Gasteiger partial charge in [0.1, 0.15) is 5.76 Å². The molecule has 0 atom stereocenters. The van der Waals surface area contributed by atoms with Crippen LogP contribution in [0.5, 0.6) is 0 Å². The van der Waals surface area contributed by atoms with Crippen LogP contribution in [0.25, 0.3) is 22.2 Å². The summed E-state index contributed by atoms with van der Waals surface area (Å²) in [7, 11) is 0. The van der Waals surface area contributed by atoms with Gasteiger partial charge in [-0.25, -0.2) is 4.98 Å². The maximum Gasteiger partial charge on any atom is 0.201 e. The van der Waals surface area contributed by atoms with Crippen LogP contribution in [0.2, 0.25) is 0 Å². The molecule has 0 saturated heterocycles. The number of aromatic nitrogens is 3. The molecule has 25 heavy (non-hydrogen) atoms. The van der Waals surface area contributed by atoms with Gasteiger partial charge in [-0.2, -0.15) is 0 Å². The van der Waals surface area contributed by atoms with Crippen LogP contribution in [0, 0.1) is 20.8 Å². The van der Waals surface area contributed by atoms with Crippen LogP contribution in [0.3, 0.4) is 0 Å². The van der Waals surface area contributed by atoms with Gasteiger partial charge in [0.05, 0.1) is 16.7 Å². The lowest BCUT2D eigenvalue weighted by molar-refractivity contribution is 0.393. The molecule has 0 saturated carbocycles. The number of fused-ring (bicyclic) bond motifs is 1. The Hall–Kier alpha value is -3.08. The van der Waals surface area contributed by atoms with E-state index in [9.17, 15) is 0 Å². The number of nitrogens with zero attached hydrogens (tertiary/aromatic N) is 2. The molecule has 128 valence electrons. The van der Waals surface area contributed by atoms with Gasteiger partial charge in [-0.15, -0.1) is 0 Å². The monoisotopic (exact) mass is 334 g/mol. The summed E-state index contributed by atoms with van der Waals surface area (Å²) in [6.45, 7) is 14.1. The second-order valence-electron chi connectivity index (χ2n) is 6.01. The van der Waals surface area contributed by atoms with Crippen molar-refractivity contribution in [1.29, 1.82) is 0 Å². The summed E-state index contributed by atoms with van der Waals surface area (Å²) in [6, 6.07) is 4.20. The Bertz CT molecular complexity index is 956. The fourth-order valence-electron chi connectivity index (χ4n) is 2.95. The lowest BCUT2D eigenvalue weighted by Crippen LogP contribution is -2.04. The third-order valence-corrected chi connectivity index (χ3v) is 4.15. The number of rotatable bonds is 6. The fourth-order valence-corrected chi connectivity index (χ4v) is 2.95. The number of hydrogen-bond donors (Lipinski definition) is 2. The molecule has 0 aliphatic heterocycles. The molecule has 0 unspecified atom stereocenters. The Balaban J connectivity index is 1.95. The molecule has 5 heteroatoms. The van der Waals surface area contributed by atoms with Gasteiger partial charge in [0, 0.05) is 12.1 Å². The normalized spacial score (nSPS) is 11.7. The van der Waals surface area contributed by atoms with Crippen LogP contribution in [-0.2, 0) is 0 Å². The highest BCUT2D eigenvalue weighted by atomic mass is 16.5. The third kappa shape index (κ3) is 3.26. The summed E-state index contributed by atoms with van der Waals surface area (Å²) in [5, 5.41) is 7.34. The highest BCUT2D eigenvalue weighted by Crippen LogP contribution is 2.31. The highest BCUT2D eigenvalue weighted by Gasteiger charge is 2.14. The van der Waals surface area contributed by atoms with Crippen LogP contribution < -0.4 is 5.32 Å². The van der Waals surface area contributed by atoms with Crippen molar-refractivity contribution in [2.24, 2.45) is 0 Å². The molecule has 0 bridgehead atoms. The molecule has 0 amide bonds. The average molecular weight is 334 g/mol. The average Bonchev–Trinajstić information content (AvgIpc) is 3.14. The third-order valence-electron chi connectivity index (χ3n) is 4.15. The fraction of sp³-hybridized carbons (Fsp3) is 0.200. The first-order valence-electron chi connectivity index (χ1n) is 8.15. The van der Waals surface area contributed by atoms with E-state index in [-0.39, 0.29) is 0 Å². The summed E-state index contributed by atoms with van der Waals surface area (Å²) >= 11 is 0. The molecule has 1 aromatic carbocycles. The maximum atomic E-state index is 5.30. The zero-order valence-electron chi connectivity index (χ0n) is 14.8. The van der Waals surface area contributed by atoms with Crippen molar-refractivity contribution in [3.05, 3.63) is 66.1 Å². The molecule has 2 aromatic heterocycles. The number of allylic oxidation sites excluding steroid dienone is 2. The van der Waals surface area contributed by atoms with Crippen LogP contribution in [0.4, 0.5) is 5.95 Å². The maximum absolute atomic E-state index is 5.30. The molecular weight excluding hydrogens is 312 g/mol. The second-order valence-corrected chi connectivity index (χ2v) is 6.01. The Labute approximate surface area is 147 Å². The number of anilines is 1. The highest BCUT2D eigenvalue weighted by molar-refractivity contribution is 5.87. The number of aromatic amines is 1. The molecule has 3 rings (SSSR count). The summed E-state index contributed by atoms with van der Waals surface area (Å²) in [4.78, 5) is 7.99. The Morgan fingerprint density at radius 2 is 2.08 bits per heavy atom. The molecular formula is C20H22N4O. The zero-order valence-corrected chi connectivity index (χ0v) is 14.8. The number of benzene rings is 1. The summed E-state index contributed by atoms with van der Waals surface area (Å²) in [5.74, 6) is 1.55.